The van der Waals surface area contributed by atoms with Crippen LogP contribution in [0.15, 0.2) is 266 Å². The Morgan fingerprint density at radius 1 is 0.658 bits per heavy atom. The number of fused-ring (bicyclic) bond motifs is 6. The number of aliphatic imine (C=N–C) groups is 1. The smallest absolute Gasteiger partial charge is 0.178 e. The molecule has 2 aliphatic carbocycles. The summed E-state index contributed by atoms with van der Waals surface area (Å²) in [6, 6.07) is 72.8. The number of nitrogens with zero attached hydrogens (tertiary/aromatic N) is 2. The van der Waals surface area contributed by atoms with Crippen LogP contribution in [0.4, 0.5) is 0 Å². The Morgan fingerprint density at radius 2 is 1.30 bits per heavy atom. The first-order chi connectivity index (χ1) is 38.6. The molecule has 0 radical (unpaired) electrons. The number of rotatable bonds is 9. The molecule has 1 unspecified atom stereocenters. The van der Waals surface area contributed by atoms with Crippen LogP contribution >= 0.6 is 0 Å². The highest BCUT2D eigenvalue weighted by Gasteiger charge is 2.49. The minimum absolute atomic E-state index is 0.301. The van der Waals surface area contributed by atoms with Gasteiger partial charge in [0.2, 0.25) is 0 Å². The number of nitrogens with one attached hydrogen (secondary N) is 1. The second-order valence-electron chi connectivity index (χ2n) is 19.3. The average molecular weight is 1030 g/mol. The fourth-order valence-corrected chi connectivity index (χ4v) is 10.2. The lowest BCUT2D eigenvalue weighted by Gasteiger charge is -2.36. The quantitative estimate of drug-likeness (QED) is 0.111. The zero-order valence-electron chi connectivity index (χ0n) is 44.8. The van der Waals surface area contributed by atoms with Crippen LogP contribution in [0.25, 0.3) is 44.7 Å². The van der Waals surface area contributed by atoms with E-state index in [9.17, 15) is 10.4 Å². The fraction of sp³-hybridized carbons (Fsp3) is 0.0822. The van der Waals surface area contributed by atoms with Crippen molar-refractivity contribution in [2.45, 2.75) is 39.0 Å². The Balaban J connectivity index is 0.000000319. The molecule has 6 heteroatoms. The number of hydrogen-bond acceptors (Lipinski definition) is 6. The summed E-state index contributed by atoms with van der Waals surface area (Å²) in [4.78, 5) is 4.27. The predicted octanol–water partition coefficient (Wildman–Crippen LogP) is 19.1. The van der Waals surface area contributed by atoms with E-state index in [0.29, 0.717) is 40.0 Å². The molecule has 0 aromatic heterocycles. The van der Waals surface area contributed by atoms with Crippen molar-refractivity contribution in [1.29, 1.82) is 10.7 Å². The van der Waals surface area contributed by atoms with Gasteiger partial charge in [-0.1, -0.05) is 206 Å². The van der Waals surface area contributed by atoms with Crippen LogP contribution in [-0.2, 0) is 5.41 Å². The molecular weight excluding hydrogens is 967 g/mol. The van der Waals surface area contributed by atoms with Gasteiger partial charge >= 0.3 is 0 Å². The van der Waals surface area contributed by atoms with Crippen molar-refractivity contribution < 1.29 is 14.6 Å². The number of aromatic hydroxyl groups is 1. The van der Waals surface area contributed by atoms with E-state index in [1.807, 2.05) is 123 Å². The summed E-state index contributed by atoms with van der Waals surface area (Å²) >= 11 is 0. The Bertz CT molecular complexity index is 3860. The lowest BCUT2D eigenvalue weighted by Crippen LogP contribution is -2.29. The van der Waals surface area contributed by atoms with Crippen LogP contribution in [-0.4, -0.2) is 17.5 Å². The van der Waals surface area contributed by atoms with Gasteiger partial charge in [-0.05, 0) is 150 Å². The number of aryl methyl sites for hydroxylation is 1. The summed E-state index contributed by atoms with van der Waals surface area (Å²) in [5.41, 5.74) is 16.7. The Labute approximate surface area is 464 Å². The van der Waals surface area contributed by atoms with E-state index in [0.717, 1.165) is 74.2 Å². The van der Waals surface area contributed by atoms with Crippen molar-refractivity contribution in [3.8, 4) is 68.2 Å². The van der Waals surface area contributed by atoms with Crippen molar-refractivity contribution in [1.82, 2.24) is 0 Å². The fourth-order valence-electron chi connectivity index (χ4n) is 10.2. The normalized spacial score (nSPS) is 14.0. The third kappa shape index (κ3) is 11.5. The monoisotopic (exact) mass is 1030 g/mol. The van der Waals surface area contributed by atoms with Crippen LogP contribution in [0.1, 0.15) is 71.2 Å². The molecule has 12 rings (SSSR count). The minimum Gasteiger partial charge on any atom is -0.507 e. The highest BCUT2D eigenvalue weighted by Crippen LogP contribution is 2.63. The molecular formula is C73H61N3O3. The van der Waals surface area contributed by atoms with Crippen LogP contribution < -0.4 is 9.47 Å². The molecule has 0 spiro atoms. The molecule has 0 saturated carbocycles. The molecule has 386 valence electrons. The number of phenolic OH excluding ortho intramolecular Hbond substituents is 1. The van der Waals surface area contributed by atoms with Gasteiger partial charge in [0, 0.05) is 16.7 Å². The van der Waals surface area contributed by atoms with Gasteiger partial charge in [0.25, 0.3) is 0 Å². The third-order valence-corrected chi connectivity index (χ3v) is 13.9. The number of hydrogen-bond donors (Lipinski definition) is 2. The van der Waals surface area contributed by atoms with Crippen molar-refractivity contribution in [3.05, 3.63) is 306 Å². The van der Waals surface area contributed by atoms with Crippen molar-refractivity contribution >= 4 is 23.7 Å². The molecule has 9 aromatic rings. The van der Waals surface area contributed by atoms with Crippen LogP contribution in [0.5, 0.6) is 28.7 Å². The van der Waals surface area contributed by atoms with Gasteiger partial charge in [0.1, 0.15) is 5.75 Å². The molecule has 3 aliphatic rings. The maximum atomic E-state index is 9.36. The molecule has 79 heavy (non-hydrogen) atoms. The van der Waals surface area contributed by atoms with Gasteiger partial charge in [-0.2, -0.15) is 5.26 Å². The highest BCUT2D eigenvalue weighted by atomic mass is 16.6. The van der Waals surface area contributed by atoms with Crippen LogP contribution in [0.3, 0.4) is 0 Å². The highest BCUT2D eigenvalue weighted by molar-refractivity contribution is 6.10. The lowest BCUT2D eigenvalue weighted by molar-refractivity contribution is 0.360. The molecule has 0 fully saturated rings. The van der Waals surface area contributed by atoms with E-state index in [1.165, 1.54) is 27.8 Å². The minimum atomic E-state index is -0.480. The van der Waals surface area contributed by atoms with Crippen LogP contribution in [0, 0.1) is 23.7 Å². The van der Waals surface area contributed by atoms with Gasteiger partial charge in [0.05, 0.1) is 28.5 Å². The van der Waals surface area contributed by atoms with E-state index in [4.69, 9.17) is 14.9 Å². The predicted molar refractivity (Wildman–Crippen MR) is 327 cm³/mol. The second-order valence-corrected chi connectivity index (χ2v) is 19.3. The molecule has 0 saturated heterocycles. The zero-order chi connectivity index (χ0) is 55.3. The Morgan fingerprint density at radius 3 is 1.96 bits per heavy atom. The summed E-state index contributed by atoms with van der Waals surface area (Å²) in [5, 5.41) is 27.5. The van der Waals surface area contributed by atoms with E-state index >= 15 is 0 Å². The average Bonchev–Trinajstić information content (AvgIpc) is 3.22. The van der Waals surface area contributed by atoms with E-state index in [2.05, 4.69) is 141 Å². The molecule has 6 nitrogen and oxygen atoms in total. The SMILES string of the molecule is C=C(C)c1ccccc1O.C=CC.C=N/C(=C\C(=N)c1ccc(-c2ccc3c(c2)Oc2ccc4c(c2O3)-c2ccccc2C4(C2=CCCC=C2)c2ccccc2)cc1)c1cccc(-c2cccc(C#N)c2)c1.Cc1ccccc1. The summed E-state index contributed by atoms with van der Waals surface area (Å²) in [6.07, 6.45) is 12.5. The van der Waals surface area contributed by atoms with Gasteiger partial charge in [-0.15, -0.1) is 6.58 Å². The summed E-state index contributed by atoms with van der Waals surface area (Å²) in [5.74, 6) is 3.03. The molecule has 1 heterocycles. The summed E-state index contributed by atoms with van der Waals surface area (Å²) < 4.78 is 13.5. The zero-order valence-corrected chi connectivity index (χ0v) is 44.8. The topological polar surface area (TPSA) is 98.7 Å². The number of ether oxygens (including phenoxy) is 2. The molecule has 9 aromatic carbocycles. The summed E-state index contributed by atoms with van der Waals surface area (Å²) in [7, 11) is 0. The number of benzene rings is 9. The lowest BCUT2D eigenvalue weighted by atomic mass is 9.66. The molecule has 2 N–H and O–H groups in total. The molecule has 0 amide bonds. The molecule has 1 atom stereocenters. The van der Waals surface area contributed by atoms with Crippen molar-refractivity contribution in [2.24, 2.45) is 4.99 Å². The number of nitriles is 1. The first kappa shape index (κ1) is 53.7. The standard InChI is InChI=1S/C54H37N3O2.C9H10O.C7H8.C3H6/c1-57-48(41-15-11-14-39(31-41)38-13-10-12-35(30-38)34-55)33-47(56)37-24-22-36(23-25-37)40-26-28-49-51(32-40)58-50-29-27-46-52(53(50)59-49)44-20-8-9-21-45(44)54(46,42-16-4-2-5-17-42)43-18-6-3-7-19-43;1-7(2)8-5-3-4-6-9(8)10;1-7-5-3-2-4-6-7;1-3-2/h2,4-6,8-33,56H,1,3,7H2;3-6,10H,1H2,2H3;2-6H,1H3;3H,1H2,2H3/b48-33-,56-47?;;;. The number of para-hydroxylation sites is 1. The van der Waals surface area contributed by atoms with Crippen molar-refractivity contribution in [2.75, 3.05) is 0 Å². The van der Waals surface area contributed by atoms with E-state index in [1.54, 1.807) is 30.4 Å². The molecule has 1 aliphatic heterocycles. The van der Waals surface area contributed by atoms with E-state index in [-0.39, 0.29) is 0 Å². The van der Waals surface area contributed by atoms with Gasteiger partial charge in [-0.25, -0.2) is 0 Å². The van der Waals surface area contributed by atoms with Gasteiger partial charge < -0.3 is 20.0 Å². The summed E-state index contributed by atoms with van der Waals surface area (Å²) in [6.45, 7) is 16.7. The van der Waals surface area contributed by atoms with Crippen molar-refractivity contribution in [3.63, 3.8) is 0 Å². The Kier molecular flexibility index (Phi) is 16.8. The first-order valence-electron chi connectivity index (χ1n) is 26.3. The molecule has 0 bridgehead atoms. The third-order valence-electron chi connectivity index (χ3n) is 13.9. The Hall–Kier alpha value is -10.1. The van der Waals surface area contributed by atoms with Gasteiger partial charge in [-0.3, -0.25) is 4.99 Å². The van der Waals surface area contributed by atoms with E-state index < -0.39 is 5.41 Å². The maximum Gasteiger partial charge on any atom is 0.178 e. The number of allylic oxidation sites excluding steroid dienone is 7. The number of phenols is 1. The van der Waals surface area contributed by atoms with Gasteiger partial charge in [0.15, 0.2) is 23.0 Å². The largest absolute Gasteiger partial charge is 0.507 e. The maximum absolute atomic E-state index is 9.36. The van der Waals surface area contributed by atoms with Crippen LogP contribution in [0.2, 0.25) is 0 Å². The second kappa shape index (κ2) is 24.7. The first-order valence-corrected chi connectivity index (χ1v) is 26.3.